The maximum Gasteiger partial charge on any atom is 0.427 e. The predicted molar refractivity (Wildman–Crippen MR) is 51.4 cm³/mol. The summed E-state index contributed by atoms with van der Waals surface area (Å²) >= 11 is 32.8. The van der Waals surface area contributed by atoms with E-state index in [2.05, 4.69) is 0 Å². The van der Waals surface area contributed by atoms with Crippen LogP contribution in [0, 0.1) is 0 Å². The largest absolute Gasteiger partial charge is 0.427 e. The topological polar surface area (TPSA) is 3.24 Å². The smallest absolute Gasteiger partial charge is 0.246 e. The van der Waals surface area contributed by atoms with Gasteiger partial charge in [-0.3, -0.25) is 0 Å². The Morgan fingerprint density at radius 1 is 1.10 bits per heavy atom. The molecule has 0 aromatic rings. The first kappa shape index (κ1) is 11.9. The van der Waals surface area contributed by atoms with Gasteiger partial charge >= 0.3 is 6.16 Å². The summed E-state index contributed by atoms with van der Waals surface area (Å²) in [5, 5.41) is 0. The lowest BCUT2D eigenvalue weighted by molar-refractivity contribution is 0.551. The molecule has 0 radical (unpaired) electrons. The Morgan fingerprint density at radius 3 is 1.40 bits per heavy atom. The molecule has 10 heavy (non-hydrogen) atoms. The van der Waals surface area contributed by atoms with Crippen molar-refractivity contribution in [2.75, 3.05) is 7.05 Å². The van der Waals surface area contributed by atoms with Gasteiger partial charge in [-0.15, -0.1) is 33.2 Å². The molecule has 62 valence electrons. The summed E-state index contributed by atoms with van der Waals surface area (Å²) in [6, 6.07) is 0. The van der Waals surface area contributed by atoms with Gasteiger partial charge in [-0.05, 0) is 7.05 Å². The first-order valence-corrected chi connectivity index (χ1v) is 8.15. The molecule has 0 rings (SSSR count). The average molecular weight is 282 g/mol. The lowest BCUT2D eigenvalue weighted by atomic mass is 11.2. The van der Waals surface area contributed by atoms with Gasteiger partial charge in [0.15, 0.2) is 0 Å². The molecular weight excluding hydrogens is 279 g/mol. The van der Waals surface area contributed by atoms with Gasteiger partial charge in [0.05, 0.1) is 0 Å². The minimum absolute atomic E-state index is 1.11. The molecule has 0 aliphatic carbocycles. The molecule has 0 aliphatic rings. The second-order valence-corrected chi connectivity index (χ2v) is 12.0. The Morgan fingerprint density at radius 2 is 1.40 bits per heavy atom. The molecule has 0 aromatic carbocycles. The second-order valence-electron chi connectivity index (χ2n) is 1.49. The quantitative estimate of drug-likeness (QED) is 0.308. The van der Waals surface area contributed by atoms with Crippen LogP contribution in [0.2, 0.25) is 0 Å². The predicted octanol–water partition coefficient (Wildman–Crippen LogP) is 3.40. The molecule has 8 heteroatoms. The zero-order valence-corrected chi connectivity index (χ0v) is 10.3. The van der Waals surface area contributed by atoms with Gasteiger partial charge in [0.25, 0.3) is 0 Å². The molecule has 0 fully saturated rings. The molecule has 0 unspecified atom stereocenters. The van der Waals surface area contributed by atoms with Crippen LogP contribution in [-0.4, -0.2) is 21.7 Å². The molecule has 0 saturated carbocycles. The van der Waals surface area contributed by atoms with E-state index in [4.69, 9.17) is 68.0 Å². The van der Waals surface area contributed by atoms with Crippen LogP contribution < -0.4 is 0 Å². The zero-order valence-electron chi connectivity index (χ0n) is 4.72. The Bertz CT molecular complexity index is 99.9. The van der Waals surface area contributed by atoms with E-state index in [9.17, 15) is 0 Å². The first-order chi connectivity index (χ1) is 4.15. The Balaban J connectivity index is 4.23. The van der Waals surface area contributed by atoms with Gasteiger partial charge in [-0.2, -0.15) is 0 Å². The lowest BCUT2D eigenvalue weighted by Gasteiger charge is -2.28. The van der Waals surface area contributed by atoms with Crippen molar-refractivity contribution in [2.45, 2.75) is 3.92 Å². The van der Waals surface area contributed by atoms with Gasteiger partial charge in [0.1, 0.15) is 0 Å². The number of hydrogen-bond acceptors (Lipinski definition) is 1. The van der Waals surface area contributed by atoms with Crippen molar-refractivity contribution in [3.63, 3.8) is 0 Å². The van der Waals surface area contributed by atoms with Gasteiger partial charge in [0, 0.05) is 0 Å². The van der Waals surface area contributed by atoms with Gasteiger partial charge in [-0.1, -0.05) is 34.8 Å². The fraction of sp³-hybridized carbons (Fsp3) is 1.00. The molecule has 1 nitrogen and oxygen atoms in total. The molecule has 0 amide bonds. The highest BCUT2D eigenvalue weighted by molar-refractivity contribution is 7.63. The van der Waals surface area contributed by atoms with Crippen LogP contribution in [-0.2, 0) is 0 Å². The SMILES string of the molecule is CN(C(Cl)(Cl)Cl)[Si](Cl)(Cl)Cl. The summed E-state index contributed by atoms with van der Waals surface area (Å²) in [5.41, 5.74) is 0. The molecule has 0 saturated heterocycles. The van der Waals surface area contributed by atoms with E-state index in [1.807, 2.05) is 0 Å². The Labute approximate surface area is 89.3 Å². The number of halogens is 6. The fourth-order valence-corrected chi connectivity index (χ4v) is 3.88. The maximum absolute atomic E-state index is 5.51. The molecule has 0 N–H and O–H groups in total. The van der Waals surface area contributed by atoms with Crippen LogP contribution >= 0.6 is 68.0 Å². The van der Waals surface area contributed by atoms with E-state index in [1.54, 1.807) is 0 Å². The second kappa shape index (κ2) is 3.75. The fourth-order valence-electron chi connectivity index (χ4n) is 0.144. The van der Waals surface area contributed by atoms with E-state index >= 15 is 0 Å². The minimum atomic E-state index is -3.04. The first-order valence-electron chi connectivity index (χ1n) is 2.03. The van der Waals surface area contributed by atoms with E-state index < -0.39 is 10.1 Å². The van der Waals surface area contributed by atoms with Crippen molar-refractivity contribution >= 4 is 74.2 Å². The number of rotatable bonds is 1. The highest BCUT2D eigenvalue weighted by atomic mass is 35.8. The molecule has 0 bridgehead atoms. The van der Waals surface area contributed by atoms with Crippen molar-refractivity contribution in [2.24, 2.45) is 0 Å². The standard InChI is InChI=1S/C2H3Cl6NSi/c1-9(2(3,4)5)10(6,7)8/h1H3. The number of nitrogens with zero attached hydrogens (tertiary/aromatic N) is 1. The van der Waals surface area contributed by atoms with Crippen LogP contribution in [0.3, 0.4) is 0 Å². The summed E-state index contributed by atoms with van der Waals surface area (Å²) in [6.07, 6.45) is -3.04. The monoisotopic (exact) mass is 279 g/mol. The molecule has 0 aromatic heterocycles. The summed E-state index contributed by atoms with van der Waals surface area (Å²) in [7, 11) is 1.44. The van der Waals surface area contributed by atoms with E-state index in [1.165, 1.54) is 7.05 Å². The van der Waals surface area contributed by atoms with E-state index in [-0.39, 0.29) is 0 Å². The van der Waals surface area contributed by atoms with Crippen molar-refractivity contribution in [3.8, 4) is 0 Å². The van der Waals surface area contributed by atoms with Crippen molar-refractivity contribution < 1.29 is 0 Å². The van der Waals surface area contributed by atoms with Crippen LogP contribution in [0.5, 0.6) is 0 Å². The number of alkyl halides is 3. The summed E-state index contributed by atoms with van der Waals surface area (Å²) in [6.45, 7) is 0. The van der Waals surface area contributed by atoms with Crippen LogP contribution in [0.25, 0.3) is 0 Å². The van der Waals surface area contributed by atoms with E-state index in [0.717, 1.165) is 4.57 Å². The molecule has 0 aliphatic heterocycles. The molecule has 0 heterocycles. The molecule has 0 spiro atoms. The summed E-state index contributed by atoms with van der Waals surface area (Å²) < 4.78 is -0.535. The average Bonchev–Trinajstić information content (AvgIpc) is 1.59. The third-order valence-corrected chi connectivity index (χ3v) is 5.32. The third-order valence-electron chi connectivity index (χ3n) is 0.761. The van der Waals surface area contributed by atoms with E-state index in [0.29, 0.717) is 0 Å². The van der Waals surface area contributed by atoms with Crippen LogP contribution in [0.4, 0.5) is 0 Å². The maximum atomic E-state index is 5.51. The van der Waals surface area contributed by atoms with Gasteiger partial charge in [-0.25, -0.2) is 4.57 Å². The lowest BCUT2D eigenvalue weighted by Crippen LogP contribution is -2.44. The van der Waals surface area contributed by atoms with Gasteiger partial charge < -0.3 is 0 Å². The number of hydrogen-bond donors (Lipinski definition) is 0. The van der Waals surface area contributed by atoms with Crippen molar-refractivity contribution in [1.82, 2.24) is 4.57 Å². The summed E-state index contributed by atoms with van der Waals surface area (Å²) in [5.74, 6) is 0. The Hall–Kier alpha value is 1.92. The molecular formula is C2H3Cl6NSi. The highest BCUT2D eigenvalue weighted by Gasteiger charge is 2.43. The van der Waals surface area contributed by atoms with Gasteiger partial charge in [0.2, 0.25) is 3.92 Å². The normalized spacial score (nSPS) is 14.4. The highest BCUT2D eigenvalue weighted by Crippen LogP contribution is 2.38. The van der Waals surface area contributed by atoms with Crippen LogP contribution in [0.1, 0.15) is 0 Å². The minimum Gasteiger partial charge on any atom is -0.246 e. The zero-order chi connectivity index (χ0) is 8.58. The Kier molecular flexibility index (Phi) is 4.47. The van der Waals surface area contributed by atoms with Crippen LogP contribution in [0.15, 0.2) is 0 Å². The van der Waals surface area contributed by atoms with Crippen molar-refractivity contribution in [1.29, 1.82) is 0 Å². The molecule has 0 atom stereocenters. The third kappa shape index (κ3) is 4.07. The summed E-state index contributed by atoms with van der Waals surface area (Å²) in [4.78, 5) is 0. The van der Waals surface area contributed by atoms with Crippen molar-refractivity contribution in [3.05, 3.63) is 0 Å².